The van der Waals surface area contributed by atoms with Gasteiger partial charge in [-0.1, -0.05) is 0 Å². The van der Waals surface area contributed by atoms with Crippen LogP contribution < -0.4 is 5.32 Å². The lowest BCUT2D eigenvalue weighted by Crippen LogP contribution is -2.37. The third-order valence-corrected chi connectivity index (χ3v) is 3.66. The lowest BCUT2D eigenvalue weighted by Gasteiger charge is -2.21. The second-order valence-electron chi connectivity index (χ2n) is 5.32. The maximum Gasteiger partial charge on any atom is 0.337 e. The Morgan fingerprint density at radius 1 is 1.38 bits per heavy atom. The summed E-state index contributed by atoms with van der Waals surface area (Å²) in [5.41, 5.74) is 0.0466. The molecule has 1 aliphatic rings. The highest BCUT2D eigenvalue weighted by molar-refractivity contribution is 6.00. The Morgan fingerprint density at radius 2 is 2.10 bits per heavy atom. The van der Waals surface area contributed by atoms with E-state index in [9.17, 15) is 14.7 Å². The number of likely N-dealkylation sites (N-methyl/N-ethyl adjacent to an activating group) is 1. The quantitative estimate of drug-likeness (QED) is 0.730. The molecule has 1 aliphatic heterocycles. The number of urea groups is 1. The minimum atomic E-state index is -1.20. The fourth-order valence-electron chi connectivity index (χ4n) is 2.36. The SMILES string of the molecule is CN(C)C1CCN(C(=O)Nc2ccc(O)cc2C(=O)O)C1. The van der Waals surface area contributed by atoms with Crippen molar-refractivity contribution < 1.29 is 19.8 Å². The minimum Gasteiger partial charge on any atom is -0.508 e. The molecule has 114 valence electrons. The van der Waals surface area contributed by atoms with Gasteiger partial charge in [-0.3, -0.25) is 0 Å². The van der Waals surface area contributed by atoms with Crippen LogP contribution in [0.15, 0.2) is 18.2 Å². The summed E-state index contributed by atoms with van der Waals surface area (Å²) in [6, 6.07) is 3.83. The van der Waals surface area contributed by atoms with Crippen molar-refractivity contribution in [3.63, 3.8) is 0 Å². The highest BCUT2D eigenvalue weighted by atomic mass is 16.4. The molecule has 0 saturated carbocycles. The average Bonchev–Trinajstić information content (AvgIpc) is 2.90. The number of nitrogens with zero attached hydrogens (tertiary/aromatic N) is 2. The summed E-state index contributed by atoms with van der Waals surface area (Å²) in [6.45, 7) is 1.24. The van der Waals surface area contributed by atoms with E-state index in [2.05, 4.69) is 10.2 Å². The number of amides is 2. The molecule has 2 amide bonds. The Bertz CT molecular complexity index is 559. The fraction of sp³-hybridized carbons (Fsp3) is 0.429. The monoisotopic (exact) mass is 293 g/mol. The second-order valence-corrected chi connectivity index (χ2v) is 5.32. The number of phenolic OH excluding ortho intramolecular Hbond substituents is 1. The first-order valence-electron chi connectivity index (χ1n) is 6.67. The van der Waals surface area contributed by atoms with Gasteiger partial charge in [0, 0.05) is 19.1 Å². The maximum absolute atomic E-state index is 12.2. The van der Waals surface area contributed by atoms with E-state index in [0.29, 0.717) is 19.1 Å². The molecule has 21 heavy (non-hydrogen) atoms. The molecule has 0 aliphatic carbocycles. The average molecular weight is 293 g/mol. The van der Waals surface area contributed by atoms with Crippen LogP contribution >= 0.6 is 0 Å². The van der Waals surface area contributed by atoms with Crippen molar-refractivity contribution in [1.82, 2.24) is 9.80 Å². The van der Waals surface area contributed by atoms with Crippen LogP contribution in [-0.2, 0) is 0 Å². The largest absolute Gasteiger partial charge is 0.508 e. The van der Waals surface area contributed by atoms with Crippen LogP contribution in [0.5, 0.6) is 5.75 Å². The number of hydrogen-bond donors (Lipinski definition) is 3. The minimum absolute atomic E-state index is 0.133. The van der Waals surface area contributed by atoms with Gasteiger partial charge in [0.2, 0.25) is 0 Å². The van der Waals surface area contributed by atoms with E-state index in [-0.39, 0.29) is 23.0 Å². The standard InChI is InChI=1S/C14H19N3O4/c1-16(2)9-5-6-17(8-9)14(21)15-12-4-3-10(18)7-11(12)13(19)20/h3-4,7,9,18H,5-6,8H2,1-2H3,(H,15,21)(H,19,20). The number of rotatable bonds is 3. The third kappa shape index (κ3) is 3.43. The van der Waals surface area contributed by atoms with Gasteiger partial charge in [0.25, 0.3) is 0 Å². The van der Waals surface area contributed by atoms with Gasteiger partial charge in [0.05, 0.1) is 11.3 Å². The number of phenols is 1. The van der Waals surface area contributed by atoms with E-state index < -0.39 is 5.97 Å². The summed E-state index contributed by atoms with van der Waals surface area (Å²) in [7, 11) is 3.93. The van der Waals surface area contributed by atoms with Crippen LogP contribution in [0.1, 0.15) is 16.8 Å². The molecular weight excluding hydrogens is 274 g/mol. The number of aromatic carboxylic acids is 1. The summed E-state index contributed by atoms with van der Waals surface area (Å²) in [5, 5.41) is 21.0. The molecule has 1 atom stereocenters. The number of likely N-dealkylation sites (tertiary alicyclic amines) is 1. The number of carbonyl (C=O) groups excluding carboxylic acids is 1. The van der Waals surface area contributed by atoms with Crippen molar-refractivity contribution in [2.24, 2.45) is 0 Å². The maximum atomic E-state index is 12.2. The van der Waals surface area contributed by atoms with Crippen molar-refractivity contribution in [2.45, 2.75) is 12.5 Å². The summed E-state index contributed by atoms with van der Waals surface area (Å²) < 4.78 is 0. The number of nitrogens with one attached hydrogen (secondary N) is 1. The predicted octanol–water partition coefficient (Wildman–Crippen LogP) is 1.26. The highest BCUT2D eigenvalue weighted by Gasteiger charge is 2.28. The zero-order chi connectivity index (χ0) is 15.6. The lowest BCUT2D eigenvalue weighted by molar-refractivity contribution is 0.0697. The molecule has 1 saturated heterocycles. The summed E-state index contributed by atoms with van der Waals surface area (Å²) >= 11 is 0. The van der Waals surface area contributed by atoms with Gasteiger partial charge >= 0.3 is 12.0 Å². The zero-order valence-electron chi connectivity index (χ0n) is 12.0. The third-order valence-electron chi connectivity index (χ3n) is 3.66. The number of carboxylic acid groups (broad SMARTS) is 1. The predicted molar refractivity (Wildman–Crippen MR) is 77.7 cm³/mol. The van der Waals surface area contributed by atoms with Gasteiger partial charge in [-0.05, 0) is 38.7 Å². The summed E-state index contributed by atoms with van der Waals surface area (Å²) in [5.74, 6) is -1.35. The summed E-state index contributed by atoms with van der Waals surface area (Å²) in [4.78, 5) is 27.0. The Morgan fingerprint density at radius 3 is 2.67 bits per heavy atom. The topological polar surface area (TPSA) is 93.1 Å². The van der Waals surface area contributed by atoms with E-state index in [1.807, 2.05) is 14.1 Å². The first kappa shape index (κ1) is 15.1. The second kappa shape index (κ2) is 6.01. The van der Waals surface area contributed by atoms with Gasteiger partial charge in [-0.25, -0.2) is 9.59 Å². The summed E-state index contributed by atoms with van der Waals surface area (Å²) in [6.07, 6.45) is 0.891. The Kier molecular flexibility index (Phi) is 4.32. The first-order valence-corrected chi connectivity index (χ1v) is 6.67. The molecule has 3 N–H and O–H groups in total. The van der Waals surface area contributed by atoms with Crippen molar-refractivity contribution >= 4 is 17.7 Å². The Hall–Kier alpha value is -2.28. The van der Waals surface area contributed by atoms with Crippen LogP contribution in [0, 0.1) is 0 Å². The first-order chi connectivity index (χ1) is 9.88. The number of anilines is 1. The van der Waals surface area contributed by atoms with E-state index in [0.717, 1.165) is 12.5 Å². The van der Waals surface area contributed by atoms with Gasteiger partial charge in [0.15, 0.2) is 0 Å². The van der Waals surface area contributed by atoms with Crippen LogP contribution in [0.25, 0.3) is 0 Å². The van der Waals surface area contributed by atoms with Crippen LogP contribution in [0.4, 0.5) is 10.5 Å². The molecule has 1 aromatic rings. The van der Waals surface area contributed by atoms with Crippen molar-refractivity contribution in [3.05, 3.63) is 23.8 Å². The van der Waals surface area contributed by atoms with E-state index in [1.54, 1.807) is 4.90 Å². The van der Waals surface area contributed by atoms with E-state index in [4.69, 9.17) is 5.11 Å². The number of aromatic hydroxyl groups is 1. The van der Waals surface area contributed by atoms with E-state index in [1.165, 1.54) is 12.1 Å². The molecule has 7 heteroatoms. The van der Waals surface area contributed by atoms with Crippen molar-refractivity contribution in [3.8, 4) is 5.75 Å². The zero-order valence-corrected chi connectivity index (χ0v) is 12.0. The van der Waals surface area contributed by atoms with Gasteiger partial charge in [-0.15, -0.1) is 0 Å². The molecule has 1 heterocycles. The molecule has 0 bridgehead atoms. The molecule has 0 radical (unpaired) electrons. The number of benzene rings is 1. The van der Waals surface area contributed by atoms with Crippen LogP contribution in [-0.4, -0.2) is 65.2 Å². The molecule has 1 aromatic carbocycles. The molecule has 2 rings (SSSR count). The Labute approximate surface area is 122 Å². The fourth-order valence-corrected chi connectivity index (χ4v) is 2.36. The highest BCUT2D eigenvalue weighted by Crippen LogP contribution is 2.22. The molecule has 0 aromatic heterocycles. The normalized spacial score (nSPS) is 18.0. The van der Waals surface area contributed by atoms with Gasteiger partial charge in [0.1, 0.15) is 5.75 Å². The number of carboxylic acids is 1. The lowest BCUT2D eigenvalue weighted by atomic mass is 10.1. The number of carbonyl (C=O) groups is 2. The molecule has 1 fully saturated rings. The van der Waals surface area contributed by atoms with Gasteiger partial charge in [-0.2, -0.15) is 0 Å². The number of hydrogen-bond acceptors (Lipinski definition) is 4. The smallest absolute Gasteiger partial charge is 0.337 e. The van der Waals surface area contributed by atoms with E-state index >= 15 is 0 Å². The molecule has 7 nitrogen and oxygen atoms in total. The van der Waals surface area contributed by atoms with Crippen LogP contribution in [0.2, 0.25) is 0 Å². The molecular formula is C14H19N3O4. The molecule has 1 unspecified atom stereocenters. The van der Waals surface area contributed by atoms with Gasteiger partial charge < -0.3 is 25.3 Å². The van der Waals surface area contributed by atoms with Crippen molar-refractivity contribution in [1.29, 1.82) is 0 Å². The Balaban J connectivity index is 2.09. The van der Waals surface area contributed by atoms with Crippen molar-refractivity contribution in [2.75, 3.05) is 32.5 Å². The molecule has 0 spiro atoms. The van der Waals surface area contributed by atoms with Crippen LogP contribution in [0.3, 0.4) is 0 Å².